The number of nitrogens with zero attached hydrogens (tertiary/aromatic N) is 1. The van der Waals surface area contributed by atoms with Gasteiger partial charge in [-0.3, -0.25) is 4.90 Å². The average molecular weight is 185 g/mol. The molecular formula is C11H23NO. The molecule has 1 rings (SSSR count). The van der Waals surface area contributed by atoms with Gasteiger partial charge in [-0.1, -0.05) is 20.8 Å². The number of hydrogen-bond donors (Lipinski definition) is 1. The van der Waals surface area contributed by atoms with Gasteiger partial charge >= 0.3 is 0 Å². The summed E-state index contributed by atoms with van der Waals surface area (Å²) in [7, 11) is 0. The van der Waals surface area contributed by atoms with Crippen molar-refractivity contribution in [2.75, 3.05) is 13.1 Å². The first-order valence-electron chi connectivity index (χ1n) is 5.57. The van der Waals surface area contributed by atoms with E-state index < -0.39 is 0 Å². The third-order valence-corrected chi connectivity index (χ3v) is 2.92. The van der Waals surface area contributed by atoms with E-state index in [1.54, 1.807) is 0 Å². The Morgan fingerprint density at radius 1 is 1.38 bits per heavy atom. The highest BCUT2D eigenvalue weighted by atomic mass is 16.3. The summed E-state index contributed by atoms with van der Waals surface area (Å²) < 4.78 is 0. The number of hydrogen-bond acceptors (Lipinski definition) is 2. The lowest BCUT2D eigenvalue weighted by atomic mass is 10.1. The number of rotatable bonds is 4. The molecule has 2 heteroatoms. The van der Waals surface area contributed by atoms with Crippen LogP contribution in [0.4, 0.5) is 0 Å². The maximum Gasteiger partial charge on any atom is 0.0695 e. The van der Waals surface area contributed by atoms with Gasteiger partial charge in [0.25, 0.3) is 0 Å². The summed E-state index contributed by atoms with van der Waals surface area (Å²) >= 11 is 0. The van der Waals surface area contributed by atoms with Gasteiger partial charge in [-0.2, -0.15) is 0 Å². The largest absolute Gasteiger partial charge is 0.391 e. The molecule has 1 saturated carbocycles. The highest BCUT2D eigenvalue weighted by molar-refractivity contribution is 4.84. The average Bonchev–Trinajstić information content (AvgIpc) is 2.47. The zero-order valence-electron chi connectivity index (χ0n) is 9.16. The Hall–Kier alpha value is -0.0800. The molecule has 1 aliphatic carbocycles. The maximum atomic E-state index is 9.76. The Balaban J connectivity index is 2.45. The number of aliphatic hydroxyl groups excluding tert-OH is 1. The van der Waals surface area contributed by atoms with Crippen molar-refractivity contribution in [2.45, 2.75) is 52.2 Å². The van der Waals surface area contributed by atoms with Crippen LogP contribution in [0.2, 0.25) is 0 Å². The van der Waals surface area contributed by atoms with Crippen molar-refractivity contribution in [1.82, 2.24) is 4.90 Å². The number of aliphatic hydroxyl groups is 1. The quantitative estimate of drug-likeness (QED) is 0.723. The van der Waals surface area contributed by atoms with Gasteiger partial charge < -0.3 is 5.11 Å². The predicted octanol–water partition coefficient (Wildman–Crippen LogP) is 1.88. The molecule has 1 fully saturated rings. The summed E-state index contributed by atoms with van der Waals surface area (Å²) in [6.45, 7) is 8.86. The Bertz CT molecular complexity index is 147. The van der Waals surface area contributed by atoms with Crippen LogP contribution in [0.5, 0.6) is 0 Å². The molecule has 2 nitrogen and oxygen atoms in total. The van der Waals surface area contributed by atoms with Crippen LogP contribution in [0.15, 0.2) is 0 Å². The van der Waals surface area contributed by atoms with Gasteiger partial charge in [0, 0.05) is 12.6 Å². The second kappa shape index (κ2) is 4.97. The first-order chi connectivity index (χ1) is 6.15. The van der Waals surface area contributed by atoms with Crippen molar-refractivity contribution in [3.63, 3.8) is 0 Å². The molecule has 2 atom stereocenters. The highest BCUT2D eigenvalue weighted by Gasteiger charge is 2.29. The number of likely N-dealkylation sites (N-methyl/N-ethyl adjacent to an activating group) is 1. The molecule has 13 heavy (non-hydrogen) atoms. The lowest BCUT2D eigenvalue weighted by Gasteiger charge is -2.31. The summed E-state index contributed by atoms with van der Waals surface area (Å²) in [4.78, 5) is 2.43. The van der Waals surface area contributed by atoms with Crippen LogP contribution in [0.3, 0.4) is 0 Å². The molecule has 0 heterocycles. The molecule has 0 aliphatic heterocycles. The zero-order valence-corrected chi connectivity index (χ0v) is 9.16. The molecule has 78 valence electrons. The van der Waals surface area contributed by atoms with E-state index in [1.807, 2.05) is 0 Å². The molecule has 0 radical (unpaired) electrons. The minimum atomic E-state index is -0.0706. The van der Waals surface area contributed by atoms with Gasteiger partial charge in [0.15, 0.2) is 0 Å². The van der Waals surface area contributed by atoms with Crippen LogP contribution in [0, 0.1) is 5.92 Å². The Kier molecular flexibility index (Phi) is 4.20. The summed E-state index contributed by atoms with van der Waals surface area (Å²) in [5.74, 6) is 0.702. The van der Waals surface area contributed by atoms with Gasteiger partial charge in [0.1, 0.15) is 0 Å². The van der Waals surface area contributed by atoms with Crippen LogP contribution in [-0.2, 0) is 0 Å². The third kappa shape index (κ3) is 2.96. The van der Waals surface area contributed by atoms with E-state index in [1.165, 1.54) is 12.8 Å². The molecule has 1 N–H and O–H groups in total. The topological polar surface area (TPSA) is 23.5 Å². The summed E-state index contributed by atoms with van der Waals surface area (Å²) in [6, 6.07) is 0.437. The van der Waals surface area contributed by atoms with Crippen LogP contribution in [0.1, 0.15) is 40.0 Å². The van der Waals surface area contributed by atoms with Crippen molar-refractivity contribution in [1.29, 1.82) is 0 Å². The smallest absolute Gasteiger partial charge is 0.0695 e. The molecule has 0 amide bonds. The predicted molar refractivity (Wildman–Crippen MR) is 55.7 cm³/mol. The molecular weight excluding hydrogens is 162 g/mol. The van der Waals surface area contributed by atoms with Crippen molar-refractivity contribution in [3.05, 3.63) is 0 Å². The van der Waals surface area contributed by atoms with Gasteiger partial charge in [0.2, 0.25) is 0 Å². The molecule has 0 spiro atoms. The zero-order chi connectivity index (χ0) is 9.84. The first-order valence-corrected chi connectivity index (χ1v) is 5.57. The molecule has 0 aromatic rings. The van der Waals surface area contributed by atoms with E-state index in [0.29, 0.717) is 12.0 Å². The van der Waals surface area contributed by atoms with E-state index in [4.69, 9.17) is 0 Å². The fourth-order valence-corrected chi connectivity index (χ4v) is 2.31. The summed E-state index contributed by atoms with van der Waals surface area (Å²) in [5.41, 5.74) is 0. The van der Waals surface area contributed by atoms with Crippen molar-refractivity contribution >= 4 is 0 Å². The maximum absolute atomic E-state index is 9.76. The summed E-state index contributed by atoms with van der Waals surface area (Å²) in [5, 5.41) is 9.76. The third-order valence-electron chi connectivity index (χ3n) is 2.92. The van der Waals surface area contributed by atoms with Crippen LogP contribution < -0.4 is 0 Å². The van der Waals surface area contributed by atoms with E-state index in [9.17, 15) is 5.11 Å². The van der Waals surface area contributed by atoms with Crippen molar-refractivity contribution in [3.8, 4) is 0 Å². The minimum absolute atomic E-state index is 0.0706. The molecule has 0 aromatic carbocycles. The van der Waals surface area contributed by atoms with Gasteiger partial charge in [-0.15, -0.1) is 0 Å². The standard InChI is InChI=1S/C11H23NO/c1-4-12(8-9(2)3)10-6-5-7-11(10)13/h9-11,13H,4-8H2,1-3H3. The Labute approximate surface area is 81.9 Å². The molecule has 0 aromatic heterocycles. The first kappa shape index (κ1) is 11.0. The fourth-order valence-electron chi connectivity index (χ4n) is 2.31. The van der Waals surface area contributed by atoms with Gasteiger partial charge in [-0.05, 0) is 31.7 Å². The summed E-state index contributed by atoms with van der Waals surface area (Å²) in [6.07, 6.45) is 3.31. The Morgan fingerprint density at radius 2 is 2.08 bits per heavy atom. The highest BCUT2D eigenvalue weighted by Crippen LogP contribution is 2.24. The molecule has 0 saturated heterocycles. The van der Waals surface area contributed by atoms with Crippen LogP contribution in [0.25, 0.3) is 0 Å². The van der Waals surface area contributed by atoms with E-state index >= 15 is 0 Å². The molecule has 1 aliphatic rings. The Morgan fingerprint density at radius 3 is 2.46 bits per heavy atom. The second-order valence-electron chi connectivity index (χ2n) is 4.55. The van der Waals surface area contributed by atoms with Gasteiger partial charge in [-0.25, -0.2) is 0 Å². The normalized spacial score (nSPS) is 29.1. The molecule has 2 unspecified atom stereocenters. The van der Waals surface area contributed by atoms with Crippen LogP contribution in [-0.4, -0.2) is 35.2 Å². The van der Waals surface area contributed by atoms with Crippen molar-refractivity contribution in [2.24, 2.45) is 5.92 Å². The second-order valence-corrected chi connectivity index (χ2v) is 4.55. The fraction of sp³-hybridized carbons (Fsp3) is 1.00. The SMILES string of the molecule is CCN(CC(C)C)C1CCCC1O. The van der Waals surface area contributed by atoms with Crippen LogP contribution >= 0.6 is 0 Å². The van der Waals surface area contributed by atoms with E-state index in [0.717, 1.165) is 19.5 Å². The van der Waals surface area contributed by atoms with E-state index in [-0.39, 0.29) is 6.10 Å². The monoisotopic (exact) mass is 185 g/mol. The lowest BCUT2D eigenvalue weighted by molar-refractivity contribution is 0.0669. The van der Waals surface area contributed by atoms with Gasteiger partial charge in [0.05, 0.1) is 6.10 Å². The lowest BCUT2D eigenvalue weighted by Crippen LogP contribution is -2.42. The van der Waals surface area contributed by atoms with Crippen molar-refractivity contribution < 1.29 is 5.11 Å². The molecule has 0 bridgehead atoms. The minimum Gasteiger partial charge on any atom is -0.391 e. The van der Waals surface area contributed by atoms with E-state index in [2.05, 4.69) is 25.7 Å².